The zero-order valence-electron chi connectivity index (χ0n) is 19.4. The van der Waals surface area contributed by atoms with Crippen molar-refractivity contribution >= 4 is 21.6 Å². The molecule has 3 aromatic carbocycles. The van der Waals surface area contributed by atoms with Gasteiger partial charge in [-0.2, -0.15) is 0 Å². The Bertz CT molecular complexity index is 1360. The fraction of sp³-hybridized carbons (Fsp3) is 0.269. The zero-order valence-corrected chi connectivity index (χ0v) is 20.2. The molecule has 0 aliphatic carbocycles. The van der Waals surface area contributed by atoms with Gasteiger partial charge >= 0.3 is 0 Å². The third-order valence-electron chi connectivity index (χ3n) is 6.06. The van der Waals surface area contributed by atoms with Crippen LogP contribution in [0.4, 0.5) is 5.69 Å². The Morgan fingerprint density at radius 3 is 2.46 bits per heavy atom. The molecule has 2 atom stereocenters. The number of ether oxygens (including phenoxy) is 3. The molecule has 8 nitrogen and oxygen atoms in total. The van der Waals surface area contributed by atoms with Crippen molar-refractivity contribution in [3.8, 4) is 17.2 Å². The number of fused-ring (bicyclic) bond motifs is 2. The minimum atomic E-state index is -3.91. The van der Waals surface area contributed by atoms with Crippen molar-refractivity contribution in [3.05, 3.63) is 77.9 Å². The number of rotatable bonds is 5. The molecule has 2 heterocycles. The molecular formula is C26H26N2O6S. The predicted octanol–water partition coefficient (Wildman–Crippen LogP) is 3.60. The van der Waals surface area contributed by atoms with Crippen LogP contribution in [0.5, 0.6) is 17.2 Å². The summed E-state index contributed by atoms with van der Waals surface area (Å²) in [5.41, 5.74) is 2.19. The van der Waals surface area contributed by atoms with Gasteiger partial charge in [0.15, 0.2) is 17.6 Å². The van der Waals surface area contributed by atoms with Gasteiger partial charge in [-0.25, -0.2) is 8.42 Å². The Morgan fingerprint density at radius 2 is 1.69 bits per heavy atom. The Kier molecular flexibility index (Phi) is 6.02. The van der Waals surface area contributed by atoms with E-state index in [1.807, 2.05) is 32.0 Å². The molecule has 182 valence electrons. The van der Waals surface area contributed by atoms with Crippen molar-refractivity contribution in [1.82, 2.24) is 5.32 Å². The number of nitrogens with zero attached hydrogens (tertiary/aromatic N) is 1. The first-order chi connectivity index (χ1) is 16.8. The van der Waals surface area contributed by atoms with E-state index in [-0.39, 0.29) is 17.5 Å². The Morgan fingerprint density at radius 1 is 0.971 bits per heavy atom. The number of para-hydroxylation sites is 2. The lowest BCUT2D eigenvalue weighted by Crippen LogP contribution is -2.51. The molecule has 0 saturated heterocycles. The van der Waals surface area contributed by atoms with Crippen molar-refractivity contribution in [3.63, 3.8) is 0 Å². The van der Waals surface area contributed by atoms with Crippen LogP contribution in [0.1, 0.15) is 24.1 Å². The molecule has 0 saturated carbocycles. The number of amides is 1. The van der Waals surface area contributed by atoms with Crippen molar-refractivity contribution in [2.45, 2.75) is 30.9 Å². The maximum atomic E-state index is 13.5. The van der Waals surface area contributed by atoms with Crippen molar-refractivity contribution in [1.29, 1.82) is 0 Å². The van der Waals surface area contributed by atoms with E-state index in [1.54, 1.807) is 48.5 Å². The van der Waals surface area contributed by atoms with Gasteiger partial charge in [0.05, 0.1) is 23.2 Å². The summed E-state index contributed by atoms with van der Waals surface area (Å²) in [6, 6.07) is 18.6. The van der Waals surface area contributed by atoms with Crippen LogP contribution in [0.2, 0.25) is 0 Å². The van der Waals surface area contributed by atoms with Crippen LogP contribution in [0.15, 0.2) is 71.6 Å². The molecule has 0 bridgehead atoms. The van der Waals surface area contributed by atoms with Crippen molar-refractivity contribution < 1.29 is 27.4 Å². The molecule has 35 heavy (non-hydrogen) atoms. The third-order valence-corrected chi connectivity index (χ3v) is 7.86. The summed E-state index contributed by atoms with van der Waals surface area (Å²) in [5.74, 6) is 1.23. The molecule has 9 heteroatoms. The molecule has 1 amide bonds. The molecule has 5 rings (SSSR count). The molecule has 1 N–H and O–H groups in total. The monoisotopic (exact) mass is 494 g/mol. The summed E-state index contributed by atoms with van der Waals surface area (Å²) in [5, 5.41) is 2.94. The molecule has 2 aliphatic heterocycles. The van der Waals surface area contributed by atoms with Crippen molar-refractivity contribution in [2.75, 3.05) is 24.1 Å². The molecule has 3 aromatic rings. The average molecular weight is 495 g/mol. The highest BCUT2D eigenvalue weighted by Crippen LogP contribution is 2.37. The van der Waals surface area contributed by atoms with Crippen LogP contribution in [-0.2, 0) is 14.8 Å². The van der Waals surface area contributed by atoms with Gasteiger partial charge in [0.2, 0.25) is 0 Å². The fourth-order valence-corrected chi connectivity index (χ4v) is 5.60. The summed E-state index contributed by atoms with van der Waals surface area (Å²) in [6.45, 7) is 4.57. The van der Waals surface area contributed by atoms with Gasteiger partial charge in [-0.3, -0.25) is 9.10 Å². The summed E-state index contributed by atoms with van der Waals surface area (Å²) in [6.07, 6.45) is -1.02. The van der Waals surface area contributed by atoms with Crippen LogP contribution >= 0.6 is 0 Å². The first-order valence-corrected chi connectivity index (χ1v) is 12.8. The molecular weight excluding hydrogens is 468 g/mol. The number of hydrogen-bond acceptors (Lipinski definition) is 6. The highest BCUT2D eigenvalue weighted by molar-refractivity contribution is 7.92. The van der Waals surface area contributed by atoms with Crippen LogP contribution in [0, 0.1) is 6.92 Å². The molecule has 2 aliphatic rings. The number of hydrogen-bond donors (Lipinski definition) is 1. The van der Waals surface area contributed by atoms with Gasteiger partial charge < -0.3 is 19.5 Å². The fourth-order valence-electron chi connectivity index (χ4n) is 4.12. The standard InChI is InChI=1S/C26H26N2O6S/c1-17-7-10-20(11-8-17)35(30,31)28-16-25(34-22-6-4-3-5-21(22)28)26(29)27-18(2)19-9-12-23-24(15-19)33-14-13-32-23/h3-12,15,18,25H,13-14,16H2,1-2H3,(H,27,29)/t18-,25-/m0/s1. The molecule has 0 fully saturated rings. The summed E-state index contributed by atoms with van der Waals surface area (Å²) in [7, 11) is -3.91. The Labute approximate surface area is 204 Å². The second-order valence-electron chi connectivity index (χ2n) is 8.56. The second kappa shape index (κ2) is 9.14. The zero-order chi connectivity index (χ0) is 24.6. The highest BCUT2D eigenvalue weighted by Gasteiger charge is 2.37. The van der Waals surface area contributed by atoms with E-state index in [2.05, 4.69) is 5.32 Å². The lowest BCUT2D eigenvalue weighted by Gasteiger charge is -2.35. The number of nitrogens with one attached hydrogen (secondary N) is 1. The number of benzene rings is 3. The number of carbonyl (C=O) groups is 1. The van der Waals surface area contributed by atoms with E-state index < -0.39 is 22.0 Å². The van der Waals surface area contributed by atoms with Crippen molar-refractivity contribution in [2.24, 2.45) is 0 Å². The largest absolute Gasteiger partial charge is 0.486 e. The minimum Gasteiger partial charge on any atom is -0.486 e. The summed E-state index contributed by atoms with van der Waals surface area (Å²) >= 11 is 0. The van der Waals surface area contributed by atoms with E-state index in [4.69, 9.17) is 14.2 Å². The maximum Gasteiger partial charge on any atom is 0.264 e. The van der Waals surface area contributed by atoms with Crippen LogP contribution in [-0.4, -0.2) is 40.2 Å². The van der Waals surface area contributed by atoms with E-state index in [0.717, 1.165) is 11.1 Å². The molecule has 0 radical (unpaired) electrons. The normalized spacial score (nSPS) is 17.7. The van der Waals surface area contributed by atoms with Crippen LogP contribution in [0.3, 0.4) is 0 Å². The van der Waals surface area contributed by atoms with Gasteiger partial charge in [0, 0.05) is 0 Å². The summed E-state index contributed by atoms with van der Waals surface area (Å²) < 4.78 is 45.4. The van der Waals surface area contributed by atoms with Crippen LogP contribution < -0.4 is 23.8 Å². The molecule has 0 aromatic heterocycles. The second-order valence-corrected chi connectivity index (χ2v) is 10.4. The third kappa shape index (κ3) is 4.51. The lowest BCUT2D eigenvalue weighted by atomic mass is 10.1. The number of aryl methyl sites for hydroxylation is 1. The molecule has 0 unspecified atom stereocenters. The Balaban J connectivity index is 1.38. The number of carbonyl (C=O) groups excluding carboxylic acids is 1. The minimum absolute atomic E-state index is 0.146. The average Bonchev–Trinajstić information content (AvgIpc) is 2.87. The van der Waals surface area contributed by atoms with E-state index >= 15 is 0 Å². The first kappa shape index (κ1) is 23.0. The smallest absolute Gasteiger partial charge is 0.264 e. The van der Waals surface area contributed by atoms with Gasteiger partial charge in [0.25, 0.3) is 15.9 Å². The predicted molar refractivity (Wildman–Crippen MR) is 131 cm³/mol. The van der Waals surface area contributed by atoms with E-state index in [9.17, 15) is 13.2 Å². The van der Waals surface area contributed by atoms with Gasteiger partial charge in [-0.1, -0.05) is 35.9 Å². The van der Waals surface area contributed by atoms with Gasteiger partial charge in [-0.05, 0) is 55.8 Å². The van der Waals surface area contributed by atoms with Gasteiger partial charge in [-0.15, -0.1) is 0 Å². The summed E-state index contributed by atoms with van der Waals surface area (Å²) in [4.78, 5) is 13.4. The Hall–Kier alpha value is -3.72. The number of sulfonamides is 1. The number of anilines is 1. The topological polar surface area (TPSA) is 94.2 Å². The highest BCUT2D eigenvalue weighted by atomic mass is 32.2. The van der Waals surface area contributed by atoms with Crippen LogP contribution in [0.25, 0.3) is 0 Å². The van der Waals surface area contributed by atoms with Gasteiger partial charge in [0.1, 0.15) is 19.0 Å². The first-order valence-electron chi connectivity index (χ1n) is 11.4. The lowest BCUT2D eigenvalue weighted by molar-refractivity contribution is -0.128. The quantitative estimate of drug-likeness (QED) is 0.583. The molecule has 0 spiro atoms. The SMILES string of the molecule is Cc1ccc(S(=O)(=O)N2C[C@@H](C(=O)N[C@@H](C)c3ccc4c(c3)OCCO4)Oc3ccccc32)cc1. The maximum absolute atomic E-state index is 13.5. The van der Waals surface area contributed by atoms with E-state index in [0.29, 0.717) is 36.1 Å². The van der Waals surface area contributed by atoms with E-state index in [1.165, 1.54) is 4.31 Å².